The van der Waals surface area contributed by atoms with Gasteiger partial charge in [-0.25, -0.2) is 0 Å². The van der Waals surface area contributed by atoms with Crippen molar-refractivity contribution in [2.24, 2.45) is 0 Å². The van der Waals surface area contributed by atoms with E-state index < -0.39 is 0 Å². The molecule has 0 aliphatic carbocycles. The summed E-state index contributed by atoms with van der Waals surface area (Å²) in [6.07, 6.45) is 4.40. The van der Waals surface area contributed by atoms with Crippen molar-refractivity contribution in [2.45, 2.75) is 6.92 Å². The van der Waals surface area contributed by atoms with Crippen molar-refractivity contribution in [2.75, 3.05) is 0 Å². The second kappa shape index (κ2) is 6.41. The third kappa shape index (κ3) is 3.82. The lowest BCUT2D eigenvalue weighted by Crippen LogP contribution is -1.88. The highest BCUT2D eigenvalue weighted by molar-refractivity contribution is 5.43. The predicted octanol–water partition coefficient (Wildman–Crippen LogP) is 5.20. The Bertz CT molecular complexity index is 694. The lowest BCUT2D eigenvalue weighted by molar-refractivity contribution is 1.36. The molecular weight excluding hydrogens is 252 g/mol. The van der Waals surface area contributed by atoms with Crippen molar-refractivity contribution < 1.29 is 0 Å². The van der Waals surface area contributed by atoms with Gasteiger partial charge in [-0.05, 0) is 29.2 Å². The minimum absolute atomic E-state index is 1.22. The number of hydrogen-bond acceptors (Lipinski definition) is 0. The van der Waals surface area contributed by atoms with Gasteiger partial charge < -0.3 is 0 Å². The summed E-state index contributed by atoms with van der Waals surface area (Å²) in [6, 6.07) is 27.6. The quantitative estimate of drug-likeness (QED) is 0.611. The van der Waals surface area contributed by atoms with E-state index in [9.17, 15) is 0 Å². The van der Waals surface area contributed by atoms with Gasteiger partial charge >= 0.3 is 0 Å². The minimum Gasteiger partial charge on any atom is -0.0622 e. The molecule has 21 heavy (non-hydrogen) atoms. The summed E-state index contributed by atoms with van der Waals surface area (Å²) < 4.78 is 0. The molecule has 0 aliphatic rings. The van der Waals surface area contributed by atoms with E-state index in [0.717, 1.165) is 0 Å². The molecule has 102 valence electrons. The molecule has 0 spiro atoms. The van der Waals surface area contributed by atoms with E-state index in [0.29, 0.717) is 0 Å². The highest BCUT2D eigenvalue weighted by atomic mass is 14.0. The van der Waals surface area contributed by atoms with E-state index in [1.807, 2.05) is 6.07 Å². The van der Waals surface area contributed by atoms with Crippen LogP contribution in [0.15, 0.2) is 78.9 Å². The summed E-state index contributed by atoms with van der Waals surface area (Å²) in [5.41, 5.74) is 6.22. The number of aryl methyl sites for hydroxylation is 1. The Labute approximate surface area is 127 Å². The molecule has 0 saturated carbocycles. The van der Waals surface area contributed by atoms with Crippen LogP contribution in [0.2, 0.25) is 0 Å². The molecule has 0 saturated heterocycles. The molecule has 0 N–H and O–H groups in total. The standard InChI is InChI=1S/C21H18/c1-17-6-5-9-21(14-17)16-20-12-10-19(11-13-20)15-18-7-3-2-4-8-18/h2-16H,1H3. The zero-order chi connectivity index (χ0) is 14.5. The summed E-state index contributed by atoms with van der Waals surface area (Å²) in [6.45, 7) is 2.12. The van der Waals surface area contributed by atoms with Gasteiger partial charge in [-0.1, -0.05) is 84.4 Å². The molecule has 0 fully saturated rings. The first kappa shape index (κ1) is 13.6. The maximum Gasteiger partial charge on any atom is 0.0199 e. The van der Waals surface area contributed by atoms with Crippen molar-refractivity contribution >= 4 is 0 Å². The minimum atomic E-state index is 1.22. The normalized spacial score (nSPS) is 10.5. The van der Waals surface area contributed by atoms with E-state index in [1.165, 1.54) is 27.8 Å². The molecule has 0 aliphatic heterocycles. The fourth-order valence-electron chi connectivity index (χ4n) is 2.38. The lowest BCUT2D eigenvalue weighted by Gasteiger charge is -2.05. The summed E-state index contributed by atoms with van der Waals surface area (Å²) in [7, 11) is 0. The molecule has 3 aromatic rings. The molecule has 3 aromatic carbocycles. The van der Waals surface area contributed by atoms with E-state index in [-0.39, 0.29) is 0 Å². The molecule has 0 heterocycles. The van der Waals surface area contributed by atoms with Gasteiger partial charge in [-0.3, -0.25) is 0 Å². The first-order valence-corrected chi connectivity index (χ1v) is 7.21. The van der Waals surface area contributed by atoms with Gasteiger partial charge in [-0.2, -0.15) is 0 Å². The molecular formula is C21H18. The molecule has 0 amide bonds. The van der Waals surface area contributed by atoms with Gasteiger partial charge in [0, 0.05) is 12.8 Å². The fourth-order valence-corrected chi connectivity index (χ4v) is 2.38. The van der Waals surface area contributed by atoms with E-state index in [2.05, 4.69) is 92.6 Å². The van der Waals surface area contributed by atoms with Gasteiger partial charge in [0.05, 0.1) is 0 Å². The second-order valence-corrected chi connectivity index (χ2v) is 5.28. The Morgan fingerprint density at radius 1 is 0.524 bits per heavy atom. The van der Waals surface area contributed by atoms with Crippen LogP contribution in [0.25, 0.3) is 0 Å². The Hall–Kier alpha value is -2.34. The SMILES string of the molecule is Cc1cccc([CH]c2ccc([CH]c3ccccc3)cc2)c1. The second-order valence-electron chi connectivity index (χ2n) is 5.28. The van der Waals surface area contributed by atoms with Gasteiger partial charge in [0.25, 0.3) is 0 Å². The first-order chi connectivity index (χ1) is 10.3. The molecule has 0 bridgehead atoms. The van der Waals surface area contributed by atoms with Crippen molar-refractivity contribution in [1.29, 1.82) is 0 Å². The third-order valence-electron chi connectivity index (χ3n) is 3.44. The first-order valence-electron chi connectivity index (χ1n) is 7.21. The van der Waals surface area contributed by atoms with Crippen LogP contribution in [0.4, 0.5) is 0 Å². The monoisotopic (exact) mass is 270 g/mol. The highest BCUT2D eigenvalue weighted by Crippen LogP contribution is 2.16. The third-order valence-corrected chi connectivity index (χ3v) is 3.44. The van der Waals surface area contributed by atoms with Crippen molar-refractivity contribution in [3.8, 4) is 0 Å². The zero-order valence-electron chi connectivity index (χ0n) is 12.2. The Morgan fingerprint density at radius 2 is 1.05 bits per heavy atom. The van der Waals surface area contributed by atoms with Gasteiger partial charge in [0.2, 0.25) is 0 Å². The fraction of sp³-hybridized carbons (Fsp3) is 0.0476. The number of benzene rings is 3. The molecule has 0 aromatic heterocycles. The zero-order valence-corrected chi connectivity index (χ0v) is 12.2. The van der Waals surface area contributed by atoms with Crippen molar-refractivity contribution in [3.63, 3.8) is 0 Å². The molecule has 2 radical (unpaired) electrons. The smallest absolute Gasteiger partial charge is 0.0199 e. The summed E-state index contributed by atoms with van der Waals surface area (Å²) >= 11 is 0. The Morgan fingerprint density at radius 3 is 1.67 bits per heavy atom. The van der Waals surface area contributed by atoms with Crippen molar-refractivity contribution in [3.05, 3.63) is 120 Å². The predicted molar refractivity (Wildman–Crippen MR) is 89.1 cm³/mol. The van der Waals surface area contributed by atoms with Crippen LogP contribution in [0.3, 0.4) is 0 Å². The Kier molecular flexibility index (Phi) is 4.16. The van der Waals surface area contributed by atoms with Crippen LogP contribution in [0.1, 0.15) is 27.8 Å². The van der Waals surface area contributed by atoms with E-state index in [4.69, 9.17) is 0 Å². The van der Waals surface area contributed by atoms with Crippen LogP contribution in [0, 0.1) is 19.8 Å². The Balaban J connectivity index is 1.69. The largest absolute Gasteiger partial charge is 0.0622 e. The molecule has 3 rings (SSSR count). The average molecular weight is 270 g/mol. The number of hydrogen-bond donors (Lipinski definition) is 0. The average Bonchev–Trinajstić information content (AvgIpc) is 2.50. The van der Waals surface area contributed by atoms with Crippen LogP contribution < -0.4 is 0 Å². The van der Waals surface area contributed by atoms with Crippen molar-refractivity contribution in [1.82, 2.24) is 0 Å². The number of rotatable bonds is 4. The summed E-state index contributed by atoms with van der Waals surface area (Å²) in [5.74, 6) is 0. The molecule has 0 heteroatoms. The summed E-state index contributed by atoms with van der Waals surface area (Å²) in [4.78, 5) is 0. The lowest BCUT2D eigenvalue weighted by atomic mass is 10.00. The van der Waals surface area contributed by atoms with Crippen LogP contribution >= 0.6 is 0 Å². The molecule has 0 nitrogen and oxygen atoms in total. The maximum atomic E-state index is 2.21. The summed E-state index contributed by atoms with van der Waals surface area (Å²) in [5, 5.41) is 0. The van der Waals surface area contributed by atoms with Crippen LogP contribution in [-0.2, 0) is 0 Å². The van der Waals surface area contributed by atoms with E-state index >= 15 is 0 Å². The van der Waals surface area contributed by atoms with Crippen LogP contribution in [0.5, 0.6) is 0 Å². The maximum absolute atomic E-state index is 2.21. The van der Waals surface area contributed by atoms with Crippen LogP contribution in [-0.4, -0.2) is 0 Å². The molecule has 0 atom stereocenters. The van der Waals surface area contributed by atoms with Gasteiger partial charge in [0.15, 0.2) is 0 Å². The topological polar surface area (TPSA) is 0 Å². The van der Waals surface area contributed by atoms with Gasteiger partial charge in [0.1, 0.15) is 0 Å². The van der Waals surface area contributed by atoms with E-state index in [1.54, 1.807) is 0 Å². The highest BCUT2D eigenvalue weighted by Gasteiger charge is 2.00. The molecule has 0 unspecified atom stereocenters. The van der Waals surface area contributed by atoms with Gasteiger partial charge in [-0.15, -0.1) is 0 Å².